The quantitative estimate of drug-likeness (QED) is 0.697. The summed E-state index contributed by atoms with van der Waals surface area (Å²) < 4.78 is 13.2. The van der Waals surface area contributed by atoms with Crippen LogP contribution in [-0.2, 0) is 11.3 Å². The highest BCUT2D eigenvalue weighted by molar-refractivity contribution is 5.87. The Kier molecular flexibility index (Phi) is 2.21. The zero-order chi connectivity index (χ0) is 10.1. The average molecular weight is 194 g/mol. The summed E-state index contributed by atoms with van der Waals surface area (Å²) in [7, 11) is 0. The molecule has 0 aliphatic carbocycles. The third-order valence-electron chi connectivity index (χ3n) is 2.36. The smallest absolute Gasteiger partial charge is 0.241 e. The van der Waals surface area contributed by atoms with Crippen LogP contribution < -0.4 is 5.73 Å². The van der Waals surface area contributed by atoms with E-state index in [-0.39, 0.29) is 17.8 Å². The number of nitrogens with zero attached hydrogens (tertiary/aromatic N) is 1. The second-order valence-electron chi connectivity index (χ2n) is 3.42. The number of benzene rings is 1. The largest absolute Gasteiger partial charge is 0.335 e. The fraction of sp³-hybridized carbons (Fsp3) is 0.300. The van der Waals surface area contributed by atoms with Gasteiger partial charge in [0.2, 0.25) is 5.91 Å². The molecule has 2 N–H and O–H groups in total. The van der Waals surface area contributed by atoms with Crippen molar-refractivity contribution >= 4 is 5.91 Å². The Morgan fingerprint density at radius 3 is 2.79 bits per heavy atom. The summed E-state index contributed by atoms with van der Waals surface area (Å²) in [6.45, 7) is 0.840. The van der Waals surface area contributed by atoms with E-state index in [1.165, 1.54) is 6.07 Å². The number of hydrogen-bond acceptors (Lipinski definition) is 2. The first-order valence-corrected chi connectivity index (χ1v) is 4.46. The molecule has 0 saturated carbocycles. The molecule has 0 spiro atoms. The number of carbonyl (C=O) groups is 1. The van der Waals surface area contributed by atoms with Crippen molar-refractivity contribution in [2.75, 3.05) is 6.54 Å². The van der Waals surface area contributed by atoms with Crippen LogP contribution in [0.25, 0.3) is 0 Å². The molecule has 1 amide bonds. The number of amides is 1. The fourth-order valence-corrected chi connectivity index (χ4v) is 1.50. The molecule has 2 rings (SSSR count). The summed E-state index contributed by atoms with van der Waals surface area (Å²) in [6, 6.07) is 6.05. The number of likely N-dealkylation sites (tertiary alicyclic amines) is 1. The number of hydrogen-bond donors (Lipinski definition) is 1. The highest BCUT2D eigenvalue weighted by Crippen LogP contribution is 2.15. The van der Waals surface area contributed by atoms with Gasteiger partial charge in [0.1, 0.15) is 11.9 Å². The van der Waals surface area contributed by atoms with Gasteiger partial charge in [0.05, 0.1) is 0 Å². The highest BCUT2D eigenvalue weighted by atomic mass is 19.1. The van der Waals surface area contributed by atoms with Gasteiger partial charge in [-0.2, -0.15) is 0 Å². The molecular weight excluding hydrogens is 183 g/mol. The van der Waals surface area contributed by atoms with Gasteiger partial charge in [0.25, 0.3) is 0 Å². The Morgan fingerprint density at radius 1 is 1.50 bits per heavy atom. The number of carbonyl (C=O) groups excluding carboxylic acids is 1. The zero-order valence-electron chi connectivity index (χ0n) is 7.61. The van der Waals surface area contributed by atoms with Crippen LogP contribution in [0.3, 0.4) is 0 Å². The molecule has 1 aromatic carbocycles. The van der Waals surface area contributed by atoms with Crippen molar-refractivity contribution in [3.8, 4) is 0 Å². The molecule has 4 heteroatoms. The highest BCUT2D eigenvalue weighted by Gasteiger charge is 2.33. The number of β-lactam (4-membered cyclic amide) rings is 1. The first-order chi connectivity index (χ1) is 6.68. The van der Waals surface area contributed by atoms with Crippen LogP contribution in [0.2, 0.25) is 0 Å². The molecule has 74 valence electrons. The van der Waals surface area contributed by atoms with Gasteiger partial charge in [-0.15, -0.1) is 0 Å². The van der Waals surface area contributed by atoms with Crippen LogP contribution in [0.1, 0.15) is 5.56 Å². The molecule has 1 fully saturated rings. The number of nitrogens with two attached hydrogens (primary N) is 1. The molecule has 1 aromatic rings. The second kappa shape index (κ2) is 3.38. The summed E-state index contributed by atoms with van der Waals surface area (Å²) in [5, 5.41) is 0. The van der Waals surface area contributed by atoms with Crippen LogP contribution in [0.4, 0.5) is 4.39 Å². The molecule has 1 aliphatic rings. The Hall–Kier alpha value is -1.42. The van der Waals surface area contributed by atoms with Crippen molar-refractivity contribution in [2.24, 2.45) is 5.73 Å². The molecule has 1 atom stereocenters. The summed E-state index contributed by atoms with van der Waals surface area (Å²) in [5.41, 5.74) is 5.95. The first kappa shape index (κ1) is 9.15. The van der Waals surface area contributed by atoms with Crippen molar-refractivity contribution in [1.82, 2.24) is 4.90 Å². The summed E-state index contributed by atoms with van der Waals surface area (Å²) >= 11 is 0. The normalized spacial score (nSPS) is 20.9. The van der Waals surface area contributed by atoms with Gasteiger partial charge >= 0.3 is 0 Å². The van der Waals surface area contributed by atoms with E-state index < -0.39 is 0 Å². The van der Waals surface area contributed by atoms with Gasteiger partial charge < -0.3 is 10.6 Å². The first-order valence-electron chi connectivity index (χ1n) is 4.46. The van der Waals surface area contributed by atoms with Gasteiger partial charge in [-0.25, -0.2) is 4.39 Å². The minimum Gasteiger partial charge on any atom is -0.335 e. The molecular formula is C10H11FN2O. The molecule has 1 unspecified atom stereocenters. The van der Waals surface area contributed by atoms with Crippen LogP contribution in [-0.4, -0.2) is 23.4 Å². The lowest BCUT2D eigenvalue weighted by atomic mass is 10.1. The summed E-state index contributed by atoms with van der Waals surface area (Å²) in [6.07, 6.45) is 0. The number of rotatable bonds is 2. The van der Waals surface area contributed by atoms with Crippen LogP contribution in [0.15, 0.2) is 24.3 Å². The second-order valence-corrected chi connectivity index (χ2v) is 3.42. The maximum atomic E-state index is 13.2. The maximum absolute atomic E-state index is 13.2. The third-order valence-corrected chi connectivity index (χ3v) is 2.36. The van der Waals surface area contributed by atoms with E-state index in [0.29, 0.717) is 18.7 Å². The lowest BCUT2D eigenvalue weighted by molar-refractivity contribution is -0.143. The van der Waals surface area contributed by atoms with E-state index in [9.17, 15) is 9.18 Å². The van der Waals surface area contributed by atoms with Gasteiger partial charge in [-0.1, -0.05) is 18.2 Å². The average Bonchev–Trinajstić information content (AvgIpc) is 2.20. The van der Waals surface area contributed by atoms with E-state index in [1.807, 2.05) is 0 Å². The van der Waals surface area contributed by atoms with Crippen molar-refractivity contribution in [2.45, 2.75) is 12.6 Å². The van der Waals surface area contributed by atoms with Crippen molar-refractivity contribution < 1.29 is 9.18 Å². The summed E-state index contributed by atoms with van der Waals surface area (Å²) in [5.74, 6) is -0.381. The third kappa shape index (κ3) is 1.48. The predicted molar refractivity (Wildman–Crippen MR) is 49.8 cm³/mol. The van der Waals surface area contributed by atoms with E-state index >= 15 is 0 Å². The van der Waals surface area contributed by atoms with Crippen LogP contribution >= 0.6 is 0 Å². The number of halogens is 1. The molecule has 3 nitrogen and oxygen atoms in total. The molecule has 1 saturated heterocycles. The molecule has 14 heavy (non-hydrogen) atoms. The van der Waals surface area contributed by atoms with E-state index in [2.05, 4.69) is 0 Å². The van der Waals surface area contributed by atoms with Gasteiger partial charge in [-0.05, 0) is 6.07 Å². The predicted octanol–water partition coefficient (Wildman–Crippen LogP) is 0.495. The van der Waals surface area contributed by atoms with Crippen molar-refractivity contribution in [1.29, 1.82) is 0 Å². The van der Waals surface area contributed by atoms with Gasteiger partial charge in [-0.3, -0.25) is 4.79 Å². The van der Waals surface area contributed by atoms with E-state index in [4.69, 9.17) is 5.73 Å². The fourth-order valence-electron chi connectivity index (χ4n) is 1.50. The van der Waals surface area contributed by atoms with Crippen LogP contribution in [0.5, 0.6) is 0 Å². The van der Waals surface area contributed by atoms with Gasteiger partial charge in [0, 0.05) is 18.7 Å². The lowest BCUT2D eigenvalue weighted by Crippen LogP contribution is -2.60. The molecule has 0 bridgehead atoms. The van der Waals surface area contributed by atoms with Crippen LogP contribution in [0, 0.1) is 5.82 Å². The molecule has 0 aromatic heterocycles. The Morgan fingerprint density at radius 2 is 2.21 bits per heavy atom. The molecule has 0 radical (unpaired) electrons. The Labute approximate surface area is 81.3 Å². The van der Waals surface area contributed by atoms with E-state index in [1.54, 1.807) is 23.1 Å². The minimum absolute atomic E-state index is 0.103. The topological polar surface area (TPSA) is 46.3 Å². The molecule has 1 aliphatic heterocycles. The minimum atomic E-state index is -0.387. The standard InChI is InChI=1S/C10H11FN2O/c11-8-4-2-1-3-7(8)5-13-6-9(12)10(13)14/h1-4,9H,5-6,12H2. The van der Waals surface area contributed by atoms with Crippen molar-refractivity contribution in [3.05, 3.63) is 35.6 Å². The van der Waals surface area contributed by atoms with Crippen molar-refractivity contribution in [3.63, 3.8) is 0 Å². The van der Waals surface area contributed by atoms with Gasteiger partial charge in [0.15, 0.2) is 0 Å². The maximum Gasteiger partial charge on any atom is 0.241 e. The Balaban J connectivity index is 2.06. The molecule has 1 heterocycles. The SMILES string of the molecule is NC1CN(Cc2ccccc2F)C1=O. The summed E-state index contributed by atoms with van der Waals surface area (Å²) in [4.78, 5) is 12.7. The monoisotopic (exact) mass is 194 g/mol. The zero-order valence-corrected chi connectivity index (χ0v) is 7.61. The van der Waals surface area contributed by atoms with E-state index in [0.717, 1.165) is 0 Å². The lowest BCUT2D eigenvalue weighted by Gasteiger charge is -2.36. The Bertz CT molecular complexity index is 367.